The van der Waals surface area contributed by atoms with E-state index < -0.39 is 5.41 Å². The molecule has 8 nitrogen and oxygen atoms in total. The fraction of sp³-hybridized carbons (Fsp3) is 0.370. The molecule has 5 rings (SSSR count). The van der Waals surface area contributed by atoms with Gasteiger partial charge in [-0.3, -0.25) is 4.79 Å². The van der Waals surface area contributed by atoms with Gasteiger partial charge in [-0.25, -0.2) is 9.97 Å². The van der Waals surface area contributed by atoms with Crippen molar-refractivity contribution in [3.8, 4) is 5.75 Å². The monoisotopic (exact) mass is 473 g/mol. The second-order valence-corrected chi connectivity index (χ2v) is 8.95. The number of piperidine rings is 1. The van der Waals surface area contributed by atoms with Crippen molar-refractivity contribution in [2.45, 2.75) is 18.3 Å². The number of nitrogens with one attached hydrogen (secondary N) is 1. The molecular weight excluding hydrogens is 442 g/mol. The van der Waals surface area contributed by atoms with Crippen LogP contribution in [-0.2, 0) is 14.9 Å². The van der Waals surface area contributed by atoms with Crippen molar-refractivity contribution in [3.63, 3.8) is 0 Å². The molecule has 2 aliphatic heterocycles. The molecule has 2 aromatic carbocycles. The lowest BCUT2D eigenvalue weighted by Crippen LogP contribution is -2.50. The van der Waals surface area contributed by atoms with Crippen molar-refractivity contribution < 1.29 is 14.3 Å². The van der Waals surface area contributed by atoms with Crippen LogP contribution in [-0.4, -0.2) is 62.4 Å². The molecule has 0 radical (unpaired) electrons. The number of aromatic nitrogens is 2. The largest absolute Gasteiger partial charge is 0.497 e. The summed E-state index contributed by atoms with van der Waals surface area (Å²) in [5.74, 6) is 1.45. The lowest BCUT2D eigenvalue weighted by molar-refractivity contribution is -0.122. The van der Waals surface area contributed by atoms with E-state index in [-0.39, 0.29) is 5.91 Å². The number of morpholine rings is 1. The van der Waals surface area contributed by atoms with E-state index in [1.807, 2.05) is 42.5 Å². The molecule has 1 N–H and O–H groups in total. The molecule has 0 saturated carbocycles. The number of hydrogen-bond acceptors (Lipinski definition) is 7. The van der Waals surface area contributed by atoms with Gasteiger partial charge in [-0.2, -0.15) is 0 Å². The van der Waals surface area contributed by atoms with Gasteiger partial charge in [0, 0.05) is 49.9 Å². The molecule has 2 fully saturated rings. The first kappa shape index (κ1) is 23.1. The van der Waals surface area contributed by atoms with Gasteiger partial charge in [-0.1, -0.05) is 12.1 Å². The highest BCUT2D eigenvalue weighted by Gasteiger charge is 2.43. The predicted molar refractivity (Wildman–Crippen MR) is 136 cm³/mol. The van der Waals surface area contributed by atoms with E-state index >= 15 is 0 Å². The van der Waals surface area contributed by atoms with Crippen molar-refractivity contribution in [2.24, 2.45) is 0 Å². The Kier molecular flexibility index (Phi) is 6.81. The highest BCUT2D eigenvalue weighted by atomic mass is 16.5. The standard InChI is InChI=1S/C27H31N5O3/c1-34-24-5-2-4-21(20-24)27(10-14-32(15-11-27)26-28-12-3-13-29-26)25(33)30-22-6-8-23(9-7-22)31-16-18-35-19-17-31/h2-9,12-13,20H,10-11,14-19H2,1H3,(H,30,33). The highest BCUT2D eigenvalue weighted by Crippen LogP contribution is 2.39. The second kappa shape index (κ2) is 10.3. The third-order valence-corrected chi connectivity index (χ3v) is 7.01. The molecule has 0 atom stereocenters. The van der Waals surface area contributed by atoms with Gasteiger partial charge in [0.1, 0.15) is 5.75 Å². The first-order chi connectivity index (χ1) is 17.2. The normalized spacial score (nSPS) is 17.6. The van der Waals surface area contributed by atoms with Crippen LogP contribution in [0.5, 0.6) is 5.75 Å². The van der Waals surface area contributed by atoms with Gasteiger partial charge in [0.25, 0.3) is 0 Å². The summed E-state index contributed by atoms with van der Waals surface area (Å²) in [6, 6.07) is 17.8. The van der Waals surface area contributed by atoms with Crippen molar-refractivity contribution >= 4 is 23.2 Å². The second-order valence-electron chi connectivity index (χ2n) is 8.95. The summed E-state index contributed by atoms with van der Waals surface area (Å²) in [7, 11) is 1.65. The zero-order valence-corrected chi connectivity index (χ0v) is 20.0. The predicted octanol–water partition coefficient (Wildman–Crippen LogP) is 3.50. The van der Waals surface area contributed by atoms with E-state index in [9.17, 15) is 4.79 Å². The minimum absolute atomic E-state index is 0.00138. The van der Waals surface area contributed by atoms with E-state index in [4.69, 9.17) is 9.47 Å². The molecular formula is C27H31N5O3. The molecule has 1 amide bonds. The lowest BCUT2D eigenvalue weighted by Gasteiger charge is -2.41. The molecule has 8 heteroatoms. The number of carbonyl (C=O) groups excluding carboxylic acids is 1. The molecule has 0 spiro atoms. The topological polar surface area (TPSA) is 79.8 Å². The fourth-order valence-electron chi connectivity index (χ4n) is 4.94. The Hall–Kier alpha value is -3.65. The Morgan fingerprint density at radius 3 is 2.34 bits per heavy atom. The first-order valence-electron chi connectivity index (χ1n) is 12.1. The van der Waals surface area contributed by atoms with Crippen molar-refractivity contribution in [3.05, 3.63) is 72.6 Å². The first-order valence-corrected chi connectivity index (χ1v) is 12.1. The molecule has 1 aromatic heterocycles. The Morgan fingerprint density at radius 1 is 0.943 bits per heavy atom. The quantitative estimate of drug-likeness (QED) is 0.587. The summed E-state index contributed by atoms with van der Waals surface area (Å²) in [6.07, 6.45) is 4.80. The molecule has 0 unspecified atom stereocenters. The van der Waals surface area contributed by atoms with Crippen LogP contribution in [0.25, 0.3) is 0 Å². The van der Waals surface area contributed by atoms with Crippen molar-refractivity contribution in [2.75, 3.05) is 61.6 Å². The SMILES string of the molecule is COc1cccc(C2(C(=O)Nc3ccc(N4CCOCC4)cc3)CCN(c3ncccn3)CC2)c1. The zero-order valence-electron chi connectivity index (χ0n) is 20.0. The number of ether oxygens (including phenoxy) is 2. The summed E-state index contributed by atoms with van der Waals surface area (Å²) in [6.45, 7) is 4.62. The van der Waals surface area contributed by atoms with E-state index in [1.165, 1.54) is 0 Å². The lowest BCUT2D eigenvalue weighted by atomic mass is 9.72. The van der Waals surface area contributed by atoms with Gasteiger partial charge in [0.05, 0.1) is 25.7 Å². The molecule has 35 heavy (non-hydrogen) atoms. The highest BCUT2D eigenvalue weighted by molar-refractivity contribution is 5.99. The molecule has 0 aliphatic carbocycles. The smallest absolute Gasteiger partial charge is 0.235 e. The summed E-state index contributed by atoms with van der Waals surface area (Å²) in [5.41, 5.74) is 2.23. The summed E-state index contributed by atoms with van der Waals surface area (Å²) in [5, 5.41) is 3.20. The number of methoxy groups -OCH3 is 1. The van der Waals surface area contributed by atoms with Crippen molar-refractivity contribution in [1.29, 1.82) is 0 Å². The average molecular weight is 474 g/mol. The maximum Gasteiger partial charge on any atom is 0.235 e. The van der Waals surface area contributed by atoms with Crippen LogP contribution in [0.2, 0.25) is 0 Å². The van der Waals surface area contributed by atoms with Crippen LogP contribution in [0, 0.1) is 0 Å². The van der Waals surface area contributed by atoms with E-state index in [0.717, 1.165) is 49.0 Å². The van der Waals surface area contributed by atoms with E-state index in [1.54, 1.807) is 19.5 Å². The number of carbonyl (C=O) groups is 1. The van der Waals surface area contributed by atoms with Crippen molar-refractivity contribution in [1.82, 2.24) is 9.97 Å². The molecule has 3 heterocycles. The number of benzene rings is 2. The maximum atomic E-state index is 13.9. The number of nitrogens with zero attached hydrogens (tertiary/aromatic N) is 4. The van der Waals surface area contributed by atoms with E-state index in [2.05, 4.69) is 37.2 Å². The number of rotatable bonds is 6. The minimum atomic E-state index is -0.678. The van der Waals surface area contributed by atoms with Crippen LogP contribution in [0.15, 0.2) is 67.0 Å². The van der Waals surface area contributed by atoms with Gasteiger partial charge in [-0.15, -0.1) is 0 Å². The third kappa shape index (κ3) is 4.93. The van der Waals surface area contributed by atoms with Gasteiger partial charge in [0.15, 0.2) is 0 Å². The summed E-state index contributed by atoms with van der Waals surface area (Å²) < 4.78 is 10.9. The molecule has 182 valence electrons. The fourth-order valence-corrected chi connectivity index (χ4v) is 4.94. The van der Waals surface area contributed by atoms with Crippen LogP contribution in [0.3, 0.4) is 0 Å². The Labute approximate surface area is 205 Å². The number of amides is 1. The maximum absolute atomic E-state index is 13.9. The molecule has 2 saturated heterocycles. The van der Waals surface area contributed by atoms with E-state index in [0.29, 0.717) is 31.9 Å². The summed E-state index contributed by atoms with van der Waals surface area (Å²) in [4.78, 5) is 27.1. The van der Waals surface area contributed by atoms with Gasteiger partial charge < -0.3 is 24.6 Å². The average Bonchev–Trinajstić information content (AvgIpc) is 2.94. The third-order valence-electron chi connectivity index (χ3n) is 7.01. The van der Waals surface area contributed by atoms with Crippen LogP contribution in [0.1, 0.15) is 18.4 Å². The Morgan fingerprint density at radius 2 is 1.66 bits per heavy atom. The molecule has 2 aliphatic rings. The summed E-state index contributed by atoms with van der Waals surface area (Å²) >= 11 is 0. The molecule has 3 aromatic rings. The van der Waals surface area contributed by atoms with Gasteiger partial charge in [-0.05, 0) is 60.9 Å². The van der Waals surface area contributed by atoms with Crippen LogP contribution in [0.4, 0.5) is 17.3 Å². The molecule has 0 bridgehead atoms. The van der Waals surface area contributed by atoms with Crippen LogP contribution < -0.4 is 19.9 Å². The zero-order chi connectivity index (χ0) is 24.1. The Balaban J connectivity index is 1.37. The van der Waals surface area contributed by atoms with Gasteiger partial charge in [0.2, 0.25) is 11.9 Å². The van der Waals surface area contributed by atoms with Gasteiger partial charge >= 0.3 is 0 Å². The minimum Gasteiger partial charge on any atom is -0.497 e. The van der Waals surface area contributed by atoms with Crippen LogP contribution >= 0.6 is 0 Å². The Bertz CT molecular complexity index is 1130. The number of anilines is 3. The number of hydrogen-bond donors (Lipinski definition) is 1.